The first-order chi connectivity index (χ1) is 15.7. The normalized spacial score (nSPS) is 12.7. The predicted molar refractivity (Wildman–Crippen MR) is 162 cm³/mol. The zero-order valence-electron chi connectivity index (χ0n) is 22.8. The van der Waals surface area contributed by atoms with E-state index in [-0.39, 0.29) is 46.2 Å². The van der Waals surface area contributed by atoms with E-state index in [1.54, 1.807) is 0 Å². The standard InChI is InChI=1S/C28H60N2O2.2BrH/c1-3-5-7-9-11-13-17-21-27(31)25-29-23-19-15-16-20-24-30-26-28(32)22-18-14-12-10-8-6-4-2;;/h27-32H,3-26H2,1-2H3;2*1H. The van der Waals surface area contributed by atoms with Crippen LogP contribution in [0.4, 0.5) is 0 Å². The summed E-state index contributed by atoms with van der Waals surface area (Å²) in [5.74, 6) is 0. The van der Waals surface area contributed by atoms with Gasteiger partial charge in [0.1, 0.15) is 0 Å². The molecule has 0 aliphatic rings. The van der Waals surface area contributed by atoms with Crippen LogP contribution in [-0.2, 0) is 0 Å². The molecule has 0 spiro atoms. The van der Waals surface area contributed by atoms with Crippen molar-refractivity contribution in [3.8, 4) is 0 Å². The highest BCUT2D eigenvalue weighted by atomic mass is 79.9. The molecule has 0 saturated heterocycles. The van der Waals surface area contributed by atoms with Gasteiger partial charge in [-0.15, -0.1) is 34.0 Å². The van der Waals surface area contributed by atoms with Gasteiger partial charge in [0.2, 0.25) is 0 Å². The summed E-state index contributed by atoms with van der Waals surface area (Å²) in [6.45, 7) is 8.03. The number of rotatable bonds is 27. The third-order valence-corrected chi connectivity index (χ3v) is 6.50. The van der Waals surface area contributed by atoms with Crippen LogP contribution < -0.4 is 10.6 Å². The fourth-order valence-corrected chi connectivity index (χ4v) is 4.27. The zero-order valence-corrected chi connectivity index (χ0v) is 26.3. The predicted octanol–water partition coefficient (Wildman–Crippen LogP) is 7.89. The number of halogens is 2. The van der Waals surface area contributed by atoms with E-state index < -0.39 is 0 Å². The van der Waals surface area contributed by atoms with Crippen LogP contribution in [-0.4, -0.2) is 48.6 Å². The molecule has 0 aromatic rings. The molecule has 0 fully saturated rings. The van der Waals surface area contributed by atoms with Crippen LogP contribution >= 0.6 is 34.0 Å². The van der Waals surface area contributed by atoms with Gasteiger partial charge < -0.3 is 20.8 Å². The lowest BCUT2D eigenvalue weighted by molar-refractivity contribution is 0.157. The fraction of sp³-hybridized carbons (Fsp3) is 1.00. The van der Waals surface area contributed by atoms with E-state index in [1.165, 1.54) is 103 Å². The largest absolute Gasteiger partial charge is 0.392 e. The minimum atomic E-state index is -0.178. The molecule has 0 aromatic heterocycles. The third-order valence-electron chi connectivity index (χ3n) is 6.50. The maximum atomic E-state index is 10.1. The second-order valence-electron chi connectivity index (χ2n) is 9.95. The van der Waals surface area contributed by atoms with Crippen molar-refractivity contribution in [2.45, 2.75) is 154 Å². The lowest BCUT2D eigenvalue weighted by atomic mass is 10.1. The van der Waals surface area contributed by atoms with E-state index in [2.05, 4.69) is 24.5 Å². The van der Waals surface area contributed by atoms with Crippen LogP contribution in [0, 0.1) is 0 Å². The molecule has 0 bridgehead atoms. The van der Waals surface area contributed by atoms with Crippen molar-refractivity contribution in [3.05, 3.63) is 0 Å². The van der Waals surface area contributed by atoms with Gasteiger partial charge in [0.15, 0.2) is 0 Å². The van der Waals surface area contributed by atoms with Crippen molar-refractivity contribution in [2.24, 2.45) is 0 Å². The quantitative estimate of drug-likeness (QED) is 0.0708. The van der Waals surface area contributed by atoms with Crippen molar-refractivity contribution in [1.29, 1.82) is 0 Å². The number of nitrogens with one attached hydrogen (secondary N) is 2. The number of aliphatic hydroxyl groups excluding tert-OH is 2. The Balaban J connectivity index is -0.00000480. The summed E-state index contributed by atoms with van der Waals surface area (Å²) in [6, 6.07) is 0. The second kappa shape index (κ2) is 33.8. The second-order valence-corrected chi connectivity index (χ2v) is 9.95. The summed E-state index contributed by atoms with van der Waals surface area (Å²) in [6.07, 6.45) is 24.7. The fourth-order valence-electron chi connectivity index (χ4n) is 4.27. The molecule has 2 atom stereocenters. The van der Waals surface area contributed by atoms with Crippen LogP contribution in [0.2, 0.25) is 0 Å². The summed E-state index contributed by atoms with van der Waals surface area (Å²) in [5.41, 5.74) is 0. The molecule has 0 heterocycles. The third kappa shape index (κ3) is 32.8. The Labute approximate surface area is 234 Å². The monoisotopic (exact) mass is 616 g/mol. The van der Waals surface area contributed by atoms with Crippen LogP contribution in [0.5, 0.6) is 0 Å². The van der Waals surface area contributed by atoms with Gasteiger partial charge in [-0.3, -0.25) is 0 Å². The Morgan fingerprint density at radius 3 is 1.09 bits per heavy atom. The first kappa shape index (κ1) is 39.3. The van der Waals surface area contributed by atoms with Gasteiger partial charge in [-0.1, -0.05) is 117 Å². The molecule has 210 valence electrons. The Morgan fingerprint density at radius 1 is 0.441 bits per heavy atom. The number of aliphatic hydroxyl groups is 2. The minimum Gasteiger partial charge on any atom is -0.392 e. The van der Waals surface area contributed by atoms with Crippen LogP contribution in [0.25, 0.3) is 0 Å². The summed E-state index contributed by atoms with van der Waals surface area (Å²) in [4.78, 5) is 0. The topological polar surface area (TPSA) is 64.5 Å². The highest BCUT2D eigenvalue weighted by Crippen LogP contribution is 2.10. The minimum absolute atomic E-state index is 0. The van der Waals surface area contributed by atoms with E-state index in [4.69, 9.17) is 0 Å². The first-order valence-electron chi connectivity index (χ1n) is 14.5. The SMILES string of the molecule is Br.Br.CCCCCCCCCC(O)CNCCCCCCNCC(O)CCCCCCCCC. The molecule has 0 saturated carbocycles. The van der Waals surface area contributed by atoms with Crippen molar-refractivity contribution in [2.75, 3.05) is 26.2 Å². The average molecular weight is 619 g/mol. The van der Waals surface area contributed by atoms with E-state index in [1.807, 2.05) is 0 Å². The molecule has 0 radical (unpaired) electrons. The van der Waals surface area contributed by atoms with Crippen LogP contribution in [0.15, 0.2) is 0 Å². The van der Waals surface area contributed by atoms with Gasteiger partial charge in [-0.05, 0) is 38.8 Å². The smallest absolute Gasteiger partial charge is 0.0664 e. The maximum Gasteiger partial charge on any atom is 0.0664 e. The molecule has 0 aromatic carbocycles. The summed E-state index contributed by atoms with van der Waals surface area (Å²) < 4.78 is 0. The van der Waals surface area contributed by atoms with Crippen LogP contribution in [0.1, 0.15) is 142 Å². The molecule has 0 amide bonds. The molecule has 0 rings (SSSR count). The van der Waals surface area contributed by atoms with Gasteiger partial charge in [-0.25, -0.2) is 0 Å². The molecule has 0 aliphatic heterocycles. The number of unbranched alkanes of at least 4 members (excludes halogenated alkanes) is 15. The van der Waals surface area contributed by atoms with E-state index in [9.17, 15) is 10.2 Å². The Hall–Kier alpha value is 0.800. The van der Waals surface area contributed by atoms with E-state index >= 15 is 0 Å². The maximum absolute atomic E-state index is 10.1. The van der Waals surface area contributed by atoms with E-state index in [0.717, 1.165) is 51.9 Å². The lowest BCUT2D eigenvalue weighted by Gasteiger charge is -2.12. The van der Waals surface area contributed by atoms with Crippen molar-refractivity contribution in [1.82, 2.24) is 10.6 Å². The average Bonchev–Trinajstić information content (AvgIpc) is 2.79. The molecule has 2 unspecified atom stereocenters. The highest BCUT2D eigenvalue weighted by molar-refractivity contribution is 8.93. The lowest BCUT2D eigenvalue weighted by Crippen LogP contribution is -2.28. The molecule has 34 heavy (non-hydrogen) atoms. The zero-order chi connectivity index (χ0) is 23.5. The Bertz CT molecular complexity index is 320. The van der Waals surface area contributed by atoms with Gasteiger partial charge in [0, 0.05) is 13.1 Å². The first-order valence-corrected chi connectivity index (χ1v) is 14.5. The van der Waals surface area contributed by atoms with Crippen molar-refractivity contribution < 1.29 is 10.2 Å². The van der Waals surface area contributed by atoms with Gasteiger partial charge >= 0.3 is 0 Å². The van der Waals surface area contributed by atoms with Gasteiger partial charge in [-0.2, -0.15) is 0 Å². The molecule has 6 heteroatoms. The molecular formula is C28H62Br2N2O2. The Morgan fingerprint density at radius 2 is 0.735 bits per heavy atom. The summed E-state index contributed by atoms with van der Waals surface area (Å²) in [5, 5.41) is 26.9. The van der Waals surface area contributed by atoms with Crippen molar-refractivity contribution >= 4 is 34.0 Å². The van der Waals surface area contributed by atoms with Gasteiger partial charge in [0.05, 0.1) is 12.2 Å². The van der Waals surface area contributed by atoms with Crippen molar-refractivity contribution in [3.63, 3.8) is 0 Å². The van der Waals surface area contributed by atoms with E-state index in [0.29, 0.717) is 0 Å². The summed E-state index contributed by atoms with van der Waals surface area (Å²) in [7, 11) is 0. The number of hydrogen-bond donors (Lipinski definition) is 4. The highest BCUT2D eigenvalue weighted by Gasteiger charge is 2.04. The molecule has 4 N–H and O–H groups in total. The molecule has 4 nitrogen and oxygen atoms in total. The molecule has 0 aliphatic carbocycles. The summed E-state index contributed by atoms with van der Waals surface area (Å²) >= 11 is 0. The van der Waals surface area contributed by atoms with Crippen LogP contribution in [0.3, 0.4) is 0 Å². The Kier molecular flexibility index (Phi) is 39.1. The van der Waals surface area contributed by atoms with Gasteiger partial charge in [0.25, 0.3) is 0 Å². The molecular weight excluding hydrogens is 556 g/mol. The number of hydrogen-bond acceptors (Lipinski definition) is 4.